The van der Waals surface area contributed by atoms with Crippen LogP contribution >= 0.6 is 11.6 Å². The highest BCUT2D eigenvalue weighted by atomic mass is 35.5. The van der Waals surface area contributed by atoms with E-state index in [1.165, 1.54) is 6.07 Å². The van der Waals surface area contributed by atoms with Crippen molar-refractivity contribution >= 4 is 28.5 Å². The molecule has 1 aliphatic heterocycles. The van der Waals surface area contributed by atoms with E-state index in [2.05, 4.69) is 5.32 Å². The van der Waals surface area contributed by atoms with Crippen LogP contribution in [-0.2, 0) is 4.74 Å². The summed E-state index contributed by atoms with van der Waals surface area (Å²) in [4.78, 5) is 24.0. The Morgan fingerprint density at radius 1 is 1.43 bits per heavy atom. The van der Waals surface area contributed by atoms with Crippen LogP contribution in [0.3, 0.4) is 0 Å². The van der Waals surface area contributed by atoms with Crippen molar-refractivity contribution in [2.45, 2.75) is 18.9 Å². The first-order valence-corrected chi connectivity index (χ1v) is 7.15. The third-order valence-corrected chi connectivity index (χ3v) is 3.77. The van der Waals surface area contributed by atoms with Gasteiger partial charge in [0.2, 0.25) is 0 Å². The van der Waals surface area contributed by atoms with Crippen LogP contribution in [0.15, 0.2) is 33.5 Å². The fraction of sp³-hybridized carbons (Fsp3) is 0.333. The summed E-state index contributed by atoms with van der Waals surface area (Å²) in [5.74, 6) is -0.457. The van der Waals surface area contributed by atoms with Gasteiger partial charge in [-0.25, -0.2) is 4.79 Å². The second kappa shape index (κ2) is 5.87. The molecule has 1 fully saturated rings. The molecule has 1 amide bonds. The standard InChI is InChI=1S/C15H14ClNO4/c16-12-5-1-3-9-7-11(15(19)21-13(9)12)14(18)17-8-10-4-2-6-20-10/h1,3,5,7,10H,2,4,6,8H2,(H,17,18)/t10-/m1/s1. The molecule has 0 radical (unpaired) electrons. The van der Waals surface area contributed by atoms with E-state index < -0.39 is 11.5 Å². The van der Waals surface area contributed by atoms with Gasteiger partial charge in [0.05, 0.1) is 11.1 Å². The molecule has 0 saturated carbocycles. The Morgan fingerprint density at radius 3 is 3.05 bits per heavy atom. The molecule has 0 aliphatic carbocycles. The van der Waals surface area contributed by atoms with Gasteiger partial charge in [-0.1, -0.05) is 23.7 Å². The zero-order chi connectivity index (χ0) is 14.8. The molecule has 1 aliphatic rings. The number of amides is 1. The van der Waals surface area contributed by atoms with Gasteiger partial charge in [-0.05, 0) is 25.0 Å². The number of halogens is 1. The Kier molecular flexibility index (Phi) is 3.94. The zero-order valence-electron chi connectivity index (χ0n) is 11.2. The number of fused-ring (bicyclic) bond motifs is 1. The molecule has 3 rings (SSSR count). The van der Waals surface area contributed by atoms with E-state index in [9.17, 15) is 9.59 Å². The van der Waals surface area contributed by atoms with Gasteiger partial charge in [0.15, 0.2) is 5.58 Å². The van der Waals surface area contributed by atoms with Crippen LogP contribution in [0.5, 0.6) is 0 Å². The fourth-order valence-corrected chi connectivity index (χ4v) is 2.59. The second-order valence-corrected chi connectivity index (χ2v) is 5.36. The minimum atomic E-state index is -0.694. The fourth-order valence-electron chi connectivity index (χ4n) is 2.37. The molecule has 1 saturated heterocycles. The number of hydrogen-bond acceptors (Lipinski definition) is 4. The van der Waals surface area contributed by atoms with Gasteiger partial charge >= 0.3 is 5.63 Å². The minimum Gasteiger partial charge on any atom is -0.421 e. The van der Waals surface area contributed by atoms with Crippen LogP contribution in [0, 0.1) is 0 Å². The lowest BCUT2D eigenvalue weighted by molar-refractivity contribution is 0.0855. The lowest BCUT2D eigenvalue weighted by Gasteiger charge is -2.10. The lowest BCUT2D eigenvalue weighted by atomic mass is 10.1. The Balaban J connectivity index is 1.84. The highest BCUT2D eigenvalue weighted by molar-refractivity contribution is 6.34. The summed E-state index contributed by atoms with van der Waals surface area (Å²) in [5, 5.41) is 3.66. The predicted molar refractivity (Wildman–Crippen MR) is 78.8 cm³/mol. The number of benzene rings is 1. The molecule has 1 atom stereocenters. The largest absolute Gasteiger partial charge is 0.421 e. The molecule has 1 aromatic carbocycles. The third kappa shape index (κ3) is 2.94. The Labute approximate surface area is 125 Å². The molecule has 5 nitrogen and oxygen atoms in total. The topological polar surface area (TPSA) is 68.5 Å². The van der Waals surface area contributed by atoms with E-state index >= 15 is 0 Å². The molecule has 1 aromatic heterocycles. The van der Waals surface area contributed by atoms with Gasteiger partial charge < -0.3 is 14.5 Å². The van der Waals surface area contributed by atoms with E-state index in [1.807, 2.05) is 0 Å². The first kappa shape index (κ1) is 14.1. The number of ether oxygens (including phenoxy) is 1. The first-order chi connectivity index (χ1) is 10.1. The quantitative estimate of drug-likeness (QED) is 0.884. The summed E-state index contributed by atoms with van der Waals surface area (Å²) >= 11 is 5.96. The molecule has 0 unspecified atom stereocenters. The number of nitrogens with one attached hydrogen (secondary N) is 1. The number of carbonyl (C=O) groups is 1. The van der Waals surface area contributed by atoms with Crippen molar-refractivity contribution in [1.82, 2.24) is 5.32 Å². The zero-order valence-corrected chi connectivity index (χ0v) is 12.0. The van der Waals surface area contributed by atoms with Crippen molar-refractivity contribution in [3.8, 4) is 0 Å². The highest BCUT2D eigenvalue weighted by Crippen LogP contribution is 2.22. The maximum absolute atomic E-state index is 12.1. The number of rotatable bonds is 3. The Bertz CT molecular complexity index is 734. The van der Waals surface area contributed by atoms with Gasteiger partial charge in [0.25, 0.3) is 5.91 Å². The second-order valence-electron chi connectivity index (χ2n) is 4.95. The average Bonchev–Trinajstić information content (AvgIpc) is 2.98. The summed E-state index contributed by atoms with van der Waals surface area (Å²) in [7, 11) is 0. The van der Waals surface area contributed by atoms with Gasteiger partial charge in [-0.15, -0.1) is 0 Å². The molecule has 0 spiro atoms. The third-order valence-electron chi connectivity index (χ3n) is 3.47. The van der Waals surface area contributed by atoms with Gasteiger partial charge in [-0.3, -0.25) is 4.79 Å². The summed E-state index contributed by atoms with van der Waals surface area (Å²) in [6, 6.07) is 6.60. The van der Waals surface area contributed by atoms with Gasteiger partial charge in [0, 0.05) is 18.5 Å². The average molecular weight is 308 g/mol. The van der Waals surface area contributed by atoms with E-state index in [4.69, 9.17) is 20.8 Å². The van der Waals surface area contributed by atoms with Crippen LogP contribution in [0.1, 0.15) is 23.2 Å². The molecule has 6 heteroatoms. The smallest absolute Gasteiger partial charge is 0.349 e. The van der Waals surface area contributed by atoms with E-state index in [0.717, 1.165) is 19.4 Å². The van der Waals surface area contributed by atoms with Crippen molar-refractivity contribution in [2.75, 3.05) is 13.2 Å². The van der Waals surface area contributed by atoms with Gasteiger partial charge in [-0.2, -0.15) is 0 Å². The maximum Gasteiger partial charge on any atom is 0.349 e. The Hall–Kier alpha value is -1.85. The van der Waals surface area contributed by atoms with Crippen LogP contribution in [0.4, 0.5) is 0 Å². The molecular weight excluding hydrogens is 294 g/mol. The van der Waals surface area contributed by atoms with Crippen molar-refractivity contribution < 1.29 is 13.9 Å². The monoisotopic (exact) mass is 307 g/mol. The summed E-state index contributed by atoms with van der Waals surface area (Å²) in [5.41, 5.74) is -0.428. The van der Waals surface area contributed by atoms with E-state index in [1.54, 1.807) is 18.2 Å². The Morgan fingerprint density at radius 2 is 2.29 bits per heavy atom. The van der Waals surface area contributed by atoms with Crippen LogP contribution in [0.2, 0.25) is 5.02 Å². The summed E-state index contributed by atoms with van der Waals surface area (Å²) in [6.45, 7) is 1.11. The normalized spacial score (nSPS) is 18.0. The van der Waals surface area contributed by atoms with E-state index in [-0.39, 0.29) is 11.7 Å². The molecule has 0 bridgehead atoms. The predicted octanol–water partition coefficient (Wildman–Crippen LogP) is 2.36. The number of carbonyl (C=O) groups excluding carboxylic acids is 1. The van der Waals surface area contributed by atoms with Crippen LogP contribution in [-0.4, -0.2) is 25.2 Å². The molecular formula is C15H14ClNO4. The molecule has 2 aromatic rings. The van der Waals surface area contributed by atoms with Crippen LogP contribution in [0.25, 0.3) is 11.0 Å². The summed E-state index contributed by atoms with van der Waals surface area (Å²) < 4.78 is 10.6. The van der Waals surface area contributed by atoms with Crippen LogP contribution < -0.4 is 10.9 Å². The molecule has 2 heterocycles. The molecule has 110 valence electrons. The lowest BCUT2D eigenvalue weighted by Crippen LogP contribution is -2.34. The van der Waals surface area contributed by atoms with Crippen molar-refractivity contribution in [3.05, 3.63) is 45.3 Å². The molecule has 21 heavy (non-hydrogen) atoms. The maximum atomic E-state index is 12.1. The van der Waals surface area contributed by atoms with E-state index in [0.29, 0.717) is 22.5 Å². The number of para-hydroxylation sites is 1. The van der Waals surface area contributed by atoms with Gasteiger partial charge in [0.1, 0.15) is 5.56 Å². The first-order valence-electron chi connectivity index (χ1n) is 6.77. The summed E-state index contributed by atoms with van der Waals surface area (Å²) in [6.07, 6.45) is 1.94. The van der Waals surface area contributed by atoms with Crippen molar-refractivity contribution in [3.63, 3.8) is 0 Å². The molecule has 1 N–H and O–H groups in total. The SMILES string of the molecule is O=C(NC[C@H]1CCCO1)c1cc2cccc(Cl)c2oc1=O. The minimum absolute atomic E-state index is 0.0240. The number of hydrogen-bond donors (Lipinski definition) is 1. The van der Waals surface area contributed by atoms with Crippen molar-refractivity contribution in [2.24, 2.45) is 0 Å². The highest BCUT2D eigenvalue weighted by Gasteiger charge is 2.19. The van der Waals surface area contributed by atoms with Crippen molar-refractivity contribution in [1.29, 1.82) is 0 Å².